The fraction of sp³-hybridized carbons (Fsp3) is 0.714. The highest BCUT2D eigenvalue weighted by molar-refractivity contribution is 7.89. The summed E-state index contributed by atoms with van der Waals surface area (Å²) in [6, 6.07) is 3.18. The molecule has 0 spiro atoms. The molecule has 6 nitrogen and oxygen atoms in total. The van der Waals surface area contributed by atoms with Crippen molar-refractivity contribution in [3.8, 4) is 0 Å². The van der Waals surface area contributed by atoms with E-state index in [4.69, 9.17) is 4.42 Å². The summed E-state index contributed by atoms with van der Waals surface area (Å²) in [6.07, 6.45) is 0. The molecule has 0 aliphatic carbocycles. The summed E-state index contributed by atoms with van der Waals surface area (Å²) in [5, 5.41) is 3.22. The third-order valence-electron chi connectivity index (χ3n) is 3.02. The van der Waals surface area contributed by atoms with E-state index in [1.165, 1.54) is 6.07 Å². The van der Waals surface area contributed by atoms with Gasteiger partial charge in [-0.15, -0.1) is 0 Å². The Kier molecular flexibility index (Phi) is 6.40. The number of rotatable bonds is 8. The van der Waals surface area contributed by atoms with E-state index in [-0.39, 0.29) is 10.6 Å². The Morgan fingerprint density at radius 1 is 1.29 bits per heavy atom. The van der Waals surface area contributed by atoms with E-state index in [1.54, 1.807) is 6.07 Å². The lowest BCUT2D eigenvalue weighted by Crippen LogP contribution is -2.35. The van der Waals surface area contributed by atoms with Crippen molar-refractivity contribution in [1.82, 2.24) is 14.9 Å². The molecular weight excluding hydrogens is 290 g/mol. The lowest BCUT2D eigenvalue weighted by molar-refractivity contribution is 0.351. The van der Waals surface area contributed by atoms with Gasteiger partial charge in [0, 0.05) is 18.6 Å². The lowest BCUT2D eigenvalue weighted by Gasteiger charge is -2.19. The van der Waals surface area contributed by atoms with E-state index >= 15 is 0 Å². The van der Waals surface area contributed by atoms with Gasteiger partial charge in [-0.2, -0.15) is 0 Å². The Morgan fingerprint density at radius 2 is 1.95 bits per heavy atom. The van der Waals surface area contributed by atoms with Gasteiger partial charge in [-0.25, -0.2) is 13.1 Å². The molecule has 0 unspecified atom stereocenters. The van der Waals surface area contributed by atoms with Crippen molar-refractivity contribution in [3.63, 3.8) is 0 Å². The molecule has 1 heterocycles. The molecule has 0 bridgehead atoms. The Bertz CT molecular complexity index is 532. The van der Waals surface area contributed by atoms with Crippen LogP contribution < -0.4 is 10.0 Å². The maximum atomic E-state index is 12.1. The molecule has 1 aromatic heterocycles. The normalized spacial score (nSPS) is 13.0. The van der Waals surface area contributed by atoms with Gasteiger partial charge < -0.3 is 14.6 Å². The zero-order chi connectivity index (χ0) is 16.1. The zero-order valence-corrected chi connectivity index (χ0v) is 14.4. The van der Waals surface area contributed by atoms with Gasteiger partial charge in [-0.3, -0.25) is 0 Å². The molecule has 0 saturated heterocycles. The predicted octanol–water partition coefficient (Wildman–Crippen LogP) is 1.40. The minimum absolute atomic E-state index is 0.0349. The van der Waals surface area contributed by atoms with Gasteiger partial charge in [0.1, 0.15) is 5.76 Å². The molecule has 0 saturated carbocycles. The van der Waals surface area contributed by atoms with Crippen molar-refractivity contribution in [3.05, 3.63) is 17.9 Å². The Hall–Kier alpha value is -0.890. The van der Waals surface area contributed by atoms with Crippen molar-refractivity contribution < 1.29 is 12.8 Å². The van der Waals surface area contributed by atoms with E-state index in [0.29, 0.717) is 25.4 Å². The molecule has 0 aromatic carbocycles. The fourth-order valence-electron chi connectivity index (χ4n) is 1.55. The molecule has 0 amide bonds. The number of hydrogen-bond acceptors (Lipinski definition) is 5. The van der Waals surface area contributed by atoms with Crippen LogP contribution in [0, 0.1) is 0 Å². The molecule has 2 N–H and O–H groups in total. The zero-order valence-electron chi connectivity index (χ0n) is 13.6. The highest BCUT2D eigenvalue weighted by Gasteiger charge is 2.19. The predicted molar refractivity (Wildman–Crippen MR) is 83.7 cm³/mol. The quantitative estimate of drug-likeness (QED) is 0.758. The first-order chi connectivity index (χ1) is 9.64. The molecule has 21 heavy (non-hydrogen) atoms. The maximum absolute atomic E-state index is 12.1. The average molecular weight is 317 g/mol. The monoisotopic (exact) mass is 317 g/mol. The third kappa shape index (κ3) is 6.60. The van der Waals surface area contributed by atoms with E-state index in [1.807, 2.05) is 39.6 Å². The Balaban J connectivity index is 2.58. The summed E-state index contributed by atoms with van der Waals surface area (Å²) < 4.78 is 32.1. The van der Waals surface area contributed by atoms with Gasteiger partial charge >= 0.3 is 0 Å². The van der Waals surface area contributed by atoms with Crippen LogP contribution in [-0.4, -0.2) is 45.5 Å². The molecule has 0 atom stereocenters. The van der Waals surface area contributed by atoms with Crippen LogP contribution >= 0.6 is 0 Å². The molecule has 0 aliphatic heterocycles. The van der Waals surface area contributed by atoms with Crippen molar-refractivity contribution in [2.24, 2.45) is 0 Å². The van der Waals surface area contributed by atoms with Crippen molar-refractivity contribution in [1.29, 1.82) is 0 Å². The average Bonchev–Trinajstić information content (AvgIpc) is 2.84. The van der Waals surface area contributed by atoms with E-state index in [2.05, 4.69) is 10.0 Å². The standard InChI is InChI=1S/C14H27N3O3S/c1-6-17(5)10-9-16-21(18,19)13-8-7-12(20-13)11-15-14(2,3)4/h7-8,15-16H,6,9-11H2,1-5H3. The van der Waals surface area contributed by atoms with Crippen molar-refractivity contribution in [2.75, 3.05) is 26.7 Å². The highest BCUT2D eigenvalue weighted by Crippen LogP contribution is 2.14. The first-order valence-corrected chi connectivity index (χ1v) is 8.64. The second kappa shape index (κ2) is 7.40. The molecule has 122 valence electrons. The third-order valence-corrected chi connectivity index (χ3v) is 4.35. The van der Waals surface area contributed by atoms with Crippen LogP contribution in [0.15, 0.2) is 21.6 Å². The van der Waals surface area contributed by atoms with Crippen molar-refractivity contribution >= 4 is 10.0 Å². The molecule has 0 radical (unpaired) electrons. The van der Waals surface area contributed by atoms with Gasteiger partial charge in [0.2, 0.25) is 5.09 Å². The van der Waals surface area contributed by atoms with Gasteiger partial charge in [-0.1, -0.05) is 6.92 Å². The maximum Gasteiger partial charge on any atom is 0.274 e. The number of sulfonamides is 1. The lowest BCUT2D eigenvalue weighted by atomic mass is 10.1. The topological polar surface area (TPSA) is 74.6 Å². The van der Waals surface area contributed by atoms with E-state index < -0.39 is 10.0 Å². The second-order valence-electron chi connectivity index (χ2n) is 6.12. The molecule has 0 aliphatic rings. The van der Waals surface area contributed by atoms with Crippen LogP contribution in [-0.2, 0) is 16.6 Å². The number of nitrogens with zero attached hydrogens (tertiary/aromatic N) is 1. The minimum Gasteiger partial charge on any atom is -0.447 e. The largest absolute Gasteiger partial charge is 0.447 e. The van der Waals surface area contributed by atoms with Gasteiger partial charge in [0.15, 0.2) is 0 Å². The van der Waals surface area contributed by atoms with Gasteiger partial charge in [0.25, 0.3) is 10.0 Å². The summed E-state index contributed by atoms with van der Waals surface area (Å²) >= 11 is 0. The Labute approximate surface area is 127 Å². The van der Waals surface area contributed by atoms with Crippen LogP contribution in [0.4, 0.5) is 0 Å². The number of nitrogens with one attached hydrogen (secondary N) is 2. The molecule has 1 rings (SSSR count). The Morgan fingerprint density at radius 3 is 2.52 bits per heavy atom. The SMILES string of the molecule is CCN(C)CCNS(=O)(=O)c1ccc(CNC(C)(C)C)o1. The second-order valence-corrected chi connectivity index (χ2v) is 7.82. The summed E-state index contributed by atoms with van der Waals surface area (Å²) in [5.74, 6) is 0.607. The summed E-state index contributed by atoms with van der Waals surface area (Å²) in [6.45, 7) is 10.5. The van der Waals surface area contributed by atoms with Crippen LogP contribution in [0.5, 0.6) is 0 Å². The fourth-order valence-corrected chi connectivity index (χ4v) is 2.52. The summed E-state index contributed by atoms with van der Waals surface area (Å²) in [5.41, 5.74) is -0.0468. The highest BCUT2D eigenvalue weighted by atomic mass is 32.2. The number of hydrogen-bond donors (Lipinski definition) is 2. The number of furan rings is 1. The van der Waals surface area contributed by atoms with Crippen LogP contribution in [0.1, 0.15) is 33.5 Å². The molecular formula is C14H27N3O3S. The van der Waals surface area contributed by atoms with Gasteiger partial charge in [-0.05, 0) is 46.5 Å². The van der Waals surface area contributed by atoms with Crippen LogP contribution in [0.25, 0.3) is 0 Å². The summed E-state index contributed by atoms with van der Waals surface area (Å²) in [7, 11) is -1.63. The first kappa shape index (κ1) is 18.2. The first-order valence-electron chi connectivity index (χ1n) is 7.16. The van der Waals surface area contributed by atoms with Crippen LogP contribution in [0.2, 0.25) is 0 Å². The van der Waals surface area contributed by atoms with Gasteiger partial charge in [0.05, 0.1) is 6.54 Å². The number of likely N-dealkylation sites (N-methyl/N-ethyl adjacent to an activating group) is 1. The summed E-state index contributed by atoms with van der Waals surface area (Å²) in [4.78, 5) is 2.03. The smallest absolute Gasteiger partial charge is 0.274 e. The van der Waals surface area contributed by atoms with Crippen LogP contribution in [0.3, 0.4) is 0 Å². The van der Waals surface area contributed by atoms with Crippen molar-refractivity contribution in [2.45, 2.75) is 44.9 Å². The molecule has 7 heteroatoms. The minimum atomic E-state index is -3.57. The van der Waals surface area contributed by atoms with E-state index in [0.717, 1.165) is 6.54 Å². The van der Waals surface area contributed by atoms with E-state index in [9.17, 15) is 8.42 Å². The molecule has 0 fully saturated rings. The molecule has 1 aromatic rings.